The predicted octanol–water partition coefficient (Wildman–Crippen LogP) is 1.71. The molecule has 126 valence electrons. The number of amides is 1. The Morgan fingerprint density at radius 2 is 1.75 bits per heavy atom. The first-order chi connectivity index (χ1) is 11.3. The van der Waals surface area contributed by atoms with Gasteiger partial charge in [0.2, 0.25) is 10.0 Å². The molecule has 0 saturated carbocycles. The van der Waals surface area contributed by atoms with Crippen molar-refractivity contribution in [1.29, 1.82) is 0 Å². The fourth-order valence-electron chi connectivity index (χ4n) is 3.01. The van der Waals surface area contributed by atoms with Gasteiger partial charge in [0, 0.05) is 13.1 Å². The summed E-state index contributed by atoms with van der Waals surface area (Å²) < 4.78 is 36.9. The molecule has 0 fully saturated rings. The van der Waals surface area contributed by atoms with Crippen LogP contribution in [-0.2, 0) is 22.9 Å². The molecule has 1 amide bonds. The molecule has 3 rings (SSSR count). The second-order valence-corrected chi connectivity index (χ2v) is 7.49. The maximum atomic E-state index is 14.0. The first kappa shape index (κ1) is 16.6. The lowest BCUT2D eigenvalue weighted by atomic mass is 10.1. The summed E-state index contributed by atoms with van der Waals surface area (Å²) in [6.45, 7) is 0. The number of fused-ring (bicyclic) bond motifs is 1. The van der Waals surface area contributed by atoms with Crippen LogP contribution < -0.4 is 5.14 Å². The highest BCUT2D eigenvalue weighted by molar-refractivity contribution is 7.89. The fourth-order valence-corrected chi connectivity index (χ4v) is 3.55. The third-order valence-electron chi connectivity index (χ3n) is 4.39. The Hall–Kier alpha value is -2.25. The summed E-state index contributed by atoms with van der Waals surface area (Å²) >= 11 is 0. The van der Waals surface area contributed by atoms with Crippen molar-refractivity contribution in [3.05, 3.63) is 65.0 Å². The van der Waals surface area contributed by atoms with Crippen LogP contribution in [0.3, 0.4) is 0 Å². The Labute approximate surface area is 139 Å². The van der Waals surface area contributed by atoms with Crippen LogP contribution in [0.4, 0.5) is 4.39 Å². The minimum atomic E-state index is -4.00. The van der Waals surface area contributed by atoms with Crippen molar-refractivity contribution < 1.29 is 17.6 Å². The van der Waals surface area contributed by atoms with E-state index in [2.05, 4.69) is 0 Å². The maximum Gasteiger partial charge on any atom is 0.256 e. The van der Waals surface area contributed by atoms with Crippen molar-refractivity contribution in [2.45, 2.75) is 23.8 Å². The van der Waals surface area contributed by atoms with Gasteiger partial charge in [-0.2, -0.15) is 0 Å². The normalized spacial score (nSPS) is 14.5. The van der Waals surface area contributed by atoms with Gasteiger partial charge in [0.1, 0.15) is 5.82 Å². The van der Waals surface area contributed by atoms with Crippen LogP contribution in [0.1, 0.15) is 21.5 Å². The minimum Gasteiger partial charge on any atom is -0.338 e. The first-order valence-electron chi connectivity index (χ1n) is 7.43. The maximum absolute atomic E-state index is 14.0. The lowest BCUT2D eigenvalue weighted by molar-refractivity contribution is 0.0732. The van der Waals surface area contributed by atoms with Gasteiger partial charge in [-0.25, -0.2) is 17.9 Å². The molecular formula is C17H17FN2O3S. The number of primary sulfonamides is 1. The van der Waals surface area contributed by atoms with Crippen LogP contribution >= 0.6 is 0 Å². The number of sulfonamides is 1. The Morgan fingerprint density at radius 3 is 2.29 bits per heavy atom. The number of likely N-dealkylation sites (N-methyl/N-ethyl adjacent to an activating group) is 1. The Morgan fingerprint density at radius 1 is 1.17 bits per heavy atom. The number of hydrogen-bond acceptors (Lipinski definition) is 3. The van der Waals surface area contributed by atoms with Gasteiger partial charge in [0.15, 0.2) is 0 Å². The zero-order valence-corrected chi connectivity index (χ0v) is 13.9. The van der Waals surface area contributed by atoms with Crippen LogP contribution in [0, 0.1) is 5.82 Å². The summed E-state index contributed by atoms with van der Waals surface area (Å²) in [4.78, 5) is 13.8. The molecule has 0 atom stereocenters. The van der Waals surface area contributed by atoms with Gasteiger partial charge in [0.25, 0.3) is 5.91 Å². The largest absolute Gasteiger partial charge is 0.338 e. The van der Waals surface area contributed by atoms with Crippen molar-refractivity contribution in [3.8, 4) is 0 Å². The van der Waals surface area contributed by atoms with E-state index in [1.807, 2.05) is 24.3 Å². The fraction of sp³-hybridized carbons (Fsp3) is 0.235. The molecule has 0 unspecified atom stereocenters. The van der Waals surface area contributed by atoms with Gasteiger partial charge < -0.3 is 4.90 Å². The van der Waals surface area contributed by atoms with Crippen molar-refractivity contribution in [2.24, 2.45) is 5.14 Å². The second-order valence-electron chi connectivity index (χ2n) is 5.93. The molecule has 0 aromatic heterocycles. The average Bonchev–Trinajstić information content (AvgIpc) is 2.96. The predicted molar refractivity (Wildman–Crippen MR) is 87.5 cm³/mol. The van der Waals surface area contributed by atoms with Gasteiger partial charge in [0.05, 0.1) is 10.5 Å². The van der Waals surface area contributed by atoms with Gasteiger partial charge in [-0.05, 0) is 42.2 Å². The molecule has 0 heterocycles. The molecule has 2 aromatic carbocycles. The van der Waals surface area contributed by atoms with Crippen LogP contribution in [0.5, 0.6) is 0 Å². The van der Waals surface area contributed by atoms with E-state index < -0.39 is 21.7 Å². The number of benzene rings is 2. The SMILES string of the molecule is CN(C(=O)c1cc(S(N)(=O)=O)ccc1F)C1Cc2ccccc2C1. The second kappa shape index (κ2) is 5.99. The lowest BCUT2D eigenvalue weighted by Gasteiger charge is -2.24. The van der Waals surface area contributed by atoms with Crippen LogP contribution in [0.2, 0.25) is 0 Å². The molecule has 0 radical (unpaired) electrons. The third-order valence-corrected chi connectivity index (χ3v) is 5.31. The first-order valence-corrected chi connectivity index (χ1v) is 8.98. The topological polar surface area (TPSA) is 80.5 Å². The summed E-state index contributed by atoms with van der Waals surface area (Å²) in [6, 6.07) is 10.8. The van der Waals surface area contributed by atoms with E-state index >= 15 is 0 Å². The standard InChI is InChI=1S/C17H17FN2O3S/c1-20(13-8-11-4-2-3-5-12(11)9-13)17(21)15-10-14(24(19,22)23)6-7-16(15)18/h2-7,10,13H,8-9H2,1H3,(H2,19,22,23). The van der Waals surface area contributed by atoms with Crippen LogP contribution in [0.15, 0.2) is 47.4 Å². The summed E-state index contributed by atoms with van der Waals surface area (Å²) in [5.74, 6) is -1.33. The Balaban J connectivity index is 1.87. The molecule has 0 aliphatic heterocycles. The molecule has 24 heavy (non-hydrogen) atoms. The van der Waals surface area contributed by atoms with E-state index in [1.165, 1.54) is 16.0 Å². The molecule has 0 spiro atoms. The van der Waals surface area contributed by atoms with Gasteiger partial charge >= 0.3 is 0 Å². The summed E-state index contributed by atoms with van der Waals surface area (Å²) in [7, 11) is -2.40. The number of rotatable bonds is 3. The smallest absolute Gasteiger partial charge is 0.256 e. The number of hydrogen-bond donors (Lipinski definition) is 1. The molecule has 2 aromatic rings. The number of carbonyl (C=O) groups is 1. The molecule has 1 aliphatic carbocycles. The highest BCUT2D eigenvalue weighted by atomic mass is 32.2. The van der Waals surface area contributed by atoms with E-state index in [9.17, 15) is 17.6 Å². The van der Waals surface area contributed by atoms with E-state index in [1.54, 1.807) is 7.05 Å². The van der Waals surface area contributed by atoms with Gasteiger partial charge in [-0.15, -0.1) is 0 Å². The number of carbonyl (C=O) groups excluding carboxylic acids is 1. The molecule has 0 bridgehead atoms. The van der Waals surface area contributed by atoms with Crippen molar-refractivity contribution >= 4 is 15.9 Å². The quantitative estimate of drug-likeness (QED) is 0.917. The van der Waals surface area contributed by atoms with Gasteiger partial charge in [-0.1, -0.05) is 24.3 Å². The molecule has 2 N–H and O–H groups in total. The summed E-state index contributed by atoms with van der Waals surface area (Å²) in [5.41, 5.74) is 2.04. The summed E-state index contributed by atoms with van der Waals surface area (Å²) in [6.07, 6.45) is 1.38. The van der Waals surface area contributed by atoms with Gasteiger partial charge in [-0.3, -0.25) is 4.79 Å². The average molecular weight is 348 g/mol. The molecular weight excluding hydrogens is 331 g/mol. The Bertz CT molecular complexity index is 887. The molecule has 5 nitrogen and oxygen atoms in total. The lowest BCUT2D eigenvalue weighted by Crippen LogP contribution is -2.38. The van der Waals surface area contributed by atoms with E-state index in [4.69, 9.17) is 5.14 Å². The zero-order chi connectivity index (χ0) is 17.5. The summed E-state index contributed by atoms with van der Waals surface area (Å²) in [5, 5.41) is 5.06. The number of halogens is 1. The van der Waals surface area contributed by atoms with E-state index in [-0.39, 0.29) is 16.5 Å². The van der Waals surface area contributed by atoms with Crippen molar-refractivity contribution in [3.63, 3.8) is 0 Å². The van der Waals surface area contributed by atoms with Crippen LogP contribution in [-0.4, -0.2) is 32.3 Å². The minimum absolute atomic E-state index is 0.0903. The number of nitrogens with zero attached hydrogens (tertiary/aromatic N) is 1. The highest BCUT2D eigenvalue weighted by Gasteiger charge is 2.29. The molecule has 1 aliphatic rings. The highest BCUT2D eigenvalue weighted by Crippen LogP contribution is 2.26. The zero-order valence-electron chi connectivity index (χ0n) is 13.1. The van der Waals surface area contributed by atoms with E-state index in [0.717, 1.165) is 18.2 Å². The Kier molecular flexibility index (Phi) is 4.15. The van der Waals surface area contributed by atoms with Crippen LogP contribution in [0.25, 0.3) is 0 Å². The monoisotopic (exact) mass is 348 g/mol. The van der Waals surface area contributed by atoms with Crippen molar-refractivity contribution in [2.75, 3.05) is 7.05 Å². The van der Waals surface area contributed by atoms with E-state index in [0.29, 0.717) is 12.8 Å². The van der Waals surface area contributed by atoms with Crippen molar-refractivity contribution in [1.82, 2.24) is 4.90 Å². The number of nitrogens with two attached hydrogens (primary N) is 1. The third kappa shape index (κ3) is 3.05. The molecule has 0 saturated heterocycles. The molecule has 7 heteroatoms.